The zero-order valence-electron chi connectivity index (χ0n) is 20.4. The summed E-state index contributed by atoms with van der Waals surface area (Å²) < 4.78 is 0. The summed E-state index contributed by atoms with van der Waals surface area (Å²) in [5.41, 5.74) is 7.44. The van der Waals surface area contributed by atoms with E-state index in [0.717, 1.165) is 11.3 Å². The first-order valence-electron chi connectivity index (χ1n) is 11.8. The molecule has 0 bridgehead atoms. The molecule has 2 aromatic carbocycles. The maximum absolute atomic E-state index is 2.57. The van der Waals surface area contributed by atoms with Gasteiger partial charge in [-0.3, -0.25) is 0 Å². The molecule has 2 fully saturated rings. The SMILES string of the molecule is Cc1ccc(C=C(c2ccc(C)cc2)P(C2CCCCC2)C2CCCCC2)cc1.[Cl-].[Cl-].[Cl-].[Cl-].[Zr+4]. The molecule has 186 valence electrons. The van der Waals surface area contributed by atoms with Gasteiger partial charge >= 0.3 is 26.2 Å². The summed E-state index contributed by atoms with van der Waals surface area (Å²) in [6, 6.07) is 18.6. The molecule has 34 heavy (non-hydrogen) atoms. The number of benzene rings is 2. The third kappa shape index (κ3) is 10.2. The van der Waals surface area contributed by atoms with Crippen molar-refractivity contribution in [2.45, 2.75) is 89.4 Å². The van der Waals surface area contributed by atoms with E-state index >= 15 is 0 Å². The third-order valence-corrected chi connectivity index (χ3v) is 10.5. The summed E-state index contributed by atoms with van der Waals surface area (Å²) in [6.07, 6.45) is 17.1. The monoisotopic (exact) mass is 634 g/mol. The fraction of sp³-hybridized carbons (Fsp3) is 0.500. The molecule has 2 saturated carbocycles. The van der Waals surface area contributed by atoms with Crippen LogP contribution in [0.25, 0.3) is 11.4 Å². The minimum atomic E-state index is -0.117. The van der Waals surface area contributed by atoms with Crippen molar-refractivity contribution >= 4 is 19.3 Å². The molecular weight excluding hydrogens is 600 g/mol. The molecule has 0 aromatic heterocycles. The molecule has 0 radical (unpaired) electrons. The Labute approximate surface area is 253 Å². The zero-order chi connectivity index (χ0) is 20.1. The van der Waals surface area contributed by atoms with Crippen LogP contribution in [0.3, 0.4) is 0 Å². The first-order chi connectivity index (χ1) is 14.2. The smallest absolute Gasteiger partial charge is 1.00 e. The Morgan fingerprint density at radius 1 is 0.618 bits per heavy atom. The summed E-state index contributed by atoms with van der Waals surface area (Å²) in [7, 11) is -0.117. The average molecular weight is 638 g/mol. The molecular formula is C28H37Cl4PZr. The summed E-state index contributed by atoms with van der Waals surface area (Å²) in [5, 5.41) is 1.68. The van der Waals surface area contributed by atoms with Crippen LogP contribution in [-0.4, -0.2) is 11.3 Å². The van der Waals surface area contributed by atoms with Gasteiger partial charge in [0.05, 0.1) is 0 Å². The van der Waals surface area contributed by atoms with Crippen molar-refractivity contribution in [1.82, 2.24) is 0 Å². The molecule has 0 aliphatic heterocycles. The maximum Gasteiger partial charge on any atom is 4.00 e. The van der Waals surface area contributed by atoms with Crippen molar-refractivity contribution in [1.29, 1.82) is 0 Å². The van der Waals surface area contributed by atoms with E-state index in [2.05, 4.69) is 68.5 Å². The molecule has 4 rings (SSSR count). The third-order valence-electron chi connectivity index (χ3n) is 6.94. The molecule has 2 aromatic rings. The number of hydrogen-bond acceptors (Lipinski definition) is 0. The van der Waals surface area contributed by atoms with Gasteiger partial charge in [-0.05, 0) is 73.4 Å². The Balaban J connectivity index is 0. The van der Waals surface area contributed by atoms with E-state index in [-0.39, 0.29) is 83.8 Å². The molecule has 0 heterocycles. The normalized spacial score (nSPS) is 16.7. The van der Waals surface area contributed by atoms with Gasteiger partial charge in [-0.25, -0.2) is 0 Å². The van der Waals surface area contributed by atoms with Crippen LogP contribution in [-0.2, 0) is 26.2 Å². The molecule has 6 heteroatoms. The summed E-state index contributed by atoms with van der Waals surface area (Å²) in [5.74, 6) is 0. The van der Waals surface area contributed by atoms with Gasteiger partial charge in [-0.2, -0.15) is 0 Å². The summed E-state index contributed by atoms with van der Waals surface area (Å²) in [6.45, 7) is 4.39. The molecule has 2 aliphatic carbocycles. The van der Waals surface area contributed by atoms with Crippen LogP contribution >= 0.6 is 7.92 Å². The van der Waals surface area contributed by atoms with Gasteiger partial charge in [0.25, 0.3) is 0 Å². The van der Waals surface area contributed by atoms with Gasteiger partial charge in [0.1, 0.15) is 0 Å². The Morgan fingerprint density at radius 2 is 1.00 bits per heavy atom. The van der Waals surface area contributed by atoms with Crippen LogP contribution < -0.4 is 49.6 Å². The largest absolute Gasteiger partial charge is 4.00 e. The Bertz CT molecular complexity index is 793. The predicted molar refractivity (Wildman–Crippen MR) is 131 cm³/mol. The fourth-order valence-corrected chi connectivity index (χ4v) is 9.23. The Morgan fingerprint density at radius 3 is 1.41 bits per heavy atom. The summed E-state index contributed by atoms with van der Waals surface area (Å²) in [4.78, 5) is 0. The van der Waals surface area contributed by atoms with Gasteiger partial charge in [0.2, 0.25) is 0 Å². The van der Waals surface area contributed by atoms with Gasteiger partial charge in [-0.1, -0.05) is 106 Å². The predicted octanol–water partition coefficient (Wildman–Crippen LogP) is -3.04. The van der Waals surface area contributed by atoms with Gasteiger partial charge < -0.3 is 49.6 Å². The molecule has 0 nitrogen and oxygen atoms in total. The Kier molecular flexibility index (Phi) is 20.4. The van der Waals surface area contributed by atoms with Gasteiger partial charge in [0.15, 0.2) is 0 Å². The van der Waals surface area contributed by atoms with Crippen molar-refractivity contribution in [2.75, 3.05) is 0 Å². The van der Waals surface area contributed by atoms with Crippen LogP contribution in [0.1, 0.15) is 86.5 Å². The standard InChI is InChI=1S/C28H37P.4ClH.Zr/c1-22-13-17-24(18-14-22)21-28(25-19-15-23(2)16-20-25)29(26-9-5-3-6-10-26)27-11-7-4-8-12-27;;;;;/h13-21,26-27H,3-12H2,1-2H3;4*1H;/q;;;;;+4/p-4. The maximum atomic E-state index is 2.57. The zero-order valence-corrected chi connectivity index (χ0v) is 26.8. The minimum Gasteiger partial charge on any atom is -1.00 e. The number of hydrogen-bond donors (Lipinski definition) is 0. The van der Waals surface area contributed by atoms with Crippen LogP contribution in [0.15, 0.2) is 48.5 Å². The van der Waals surface area contributed by atoms with E-state index < -0.39 is 0 Å². The quantitative estimate of drug-likeness (QED) is 0.242. The van der Waals surface area contributed by atoms with Crippen molar-refractivity contribution in [3.63, 3.8) is 0 Å². The van der Waals surface area contributed by atoms with Crippen LogP contribution in [0.4, 0.5) is 0 Å². The van der Waals surface area contributed by atoms with Gasteiger partial charge in [-0.15, -0.1) is 0 Å². The van der Waals surface area contributed by atoms with Crippen LogP contribution in [0.2, 0.25) is 0 Å². The van der Waals surface area contributed by atoms with Gasteiger partial charge in [0, 0.05) is 0 Å². The second-order valence-electron chi connectivity index (χ2n) is 9.30. The second kappa shape index (κ2) is 18.8. The Hall–Kier alpha value is 0.653. The first kappa shape index (κ1) is 36.8. The second-order valence-corrected chi connectivity index (χ2v) is 12.1. The van der Waals surface area contributed by atoms with E-state index in [1.165, 1.54) is 86.5 Å². The molecule has 0 atom stereocenters. The number of rotatable bonds is 5. The average Bonchev–Trinajstić information content (AvgIpc) is 2.77. The van der Waals surface area contributed by atoms with Crippen molar-refractivity contribution in [3.8, 4) is 0 Å². The van der Waals surface area contributed by atoms with E-state index in [9.17, 15) is 0 Å². The van der Waals surface area contributed by atoms with E-state index in [1.54, 1.807) is 5.31 Å². The fourth-order valence-electron chi connectivity index (χ4n) is 5.26. The van der Waals surface area contributed by atoms with Crippen LogP contribution in [0.5, 0.6) is 0 Å². The minimum absolute atomic E-state index is 0. The van der Waals surface area contributed by atoms with E-state index in [1.807, 2.05) is 0 Å². The molecule has 0 saturated heterocycles. The van der Waals surface area contributed by atoms with Crippen LogP contribution in [0, 0.1) is 13.8 Å². The van der Waals surface area contributed by atoms with Crippen molar-refractivity contribution in [3.05, 3.63) is 70.8 Å². The molecule has 0 amide bonds. The van der Waals surface area contributed by atoms with Crippen molar-refractivity contribution in [2.24, 2.45) is 0 Å². The van der Waals surface area contributed by atoms with E-state index in [4.69, 9.17) is 0 Å². The first-order valence-corrected chi connectivity index (χ1v) is 13.3. The molecule has 0 spiro atoms. The molecule has 2 aliphatic rings. The van der Waals surface area contributed by atoms with Crippen molar-refractivity contribution < 1.29 is 75.8 Å². The topological polar surface area (TPSA) is 0 Å². The molecule has 0 unspecified atom stereocenters. The molecule has 0 N–H and O–H groups in total. The number of halogens is 4. The number of aryl methyl sites for hydroxylation is 2. The summed E-state index contributed by atoms with van der Waals surface area (Å²) >= 11 is 0. The van der Waals surface area contributed by atoms with E-state index in [0.29, 0.717) is 0 Å².